The summed E-state index contributed by atoms with van der Waals surface area (Å²) in [6, 6.07) is 6.34. The van der Waals surface area contributed by atoms with Crippen molar-refractivity contribution in [2.45, 2.75) is 51.7 Å². The van der Waals surface area contributed by atoms with Crippen molar-refractivity contribution in [2.24, 2.45) is 11.8 Å². The average Bonchev–Trinajstić information content (AvgIpc) is 2.94. The first kappa shape index (κ1) is 15.8. The highest BCUT2D eigenvalue weighted by Crippen LogP contribution is 2.44. The van der Waals surface area contributed by atoms with Crippen LogP contribution < -0.4 is 4.74 Å². The third-order valence-electron chi connectivity index (χ3n) is 5.95. The molecule has 1 aromatic carbocycles. The van der Waals surface area contributed by atoms with Gasteiger partial charge in [-0.2, -0.15) is 0 Å². The van der Waals surface area contributed by atoms with Crippen LogP contribution in [0.3, 0.4) is 0 Å². The quantitative estimate of drug-likeness (QED) is 0.925. The van der Waals surface area contributed by atoms with E-state index in [2.05, 4.69) is 30.9 Å². The zero-order chi connectivity index (χ0) is 15.7. The molecule has 22 heavy (non-hydrogen) atoms. The summed E-state index contributed by atoms with van der Waals surface area (Å²) in [6.07, 6.45) is 4.34. The van der Waals surface area contributed by atoms with Gasteiger partial charge in [0.15, 0.2) is 0 Å². The van der Waals surface area contributed by atoms with Crippen molar-refractivity contribution in [3.63, 3.8) is 0 Å². The predicted octanol–water partition coefficient (Wildman–Crippen LogP) is 3.38. The van der Waals surface area contributed by atoms with E-state index in [-0.39, 0.29) is 0 Å². The Morgan fingerprint density at radius 2 is 2.18 bits per heavy atom. The molecule has 1 N–H and O–H groups in total. The van der Waals surface area contributed by atoms with Crippen LogP contribution >= 0.6 is 0 Å². The van der Waals surface area contributed by atoms with Crippen LogP contribution in [-0.2, 0) is 6.54 Å². The van der Waals surface area contributed by atoms with Crippen LogP contribution in [0.4, 0.5) is 0 Å². The van der Waals surface area contributed by atoms with Crippen molar-refractivity contribution < 1.29 is 9.84 Å². The van der Waals surface area contributed by atoms with Gasteiger partial charge in [0.05, 0.1) is 12.7 Å². The highest BCUT2D eigenvalue weighted by molar-refractivity contribution is 5.34. The van der Waals surface area contributed by atoms with Gasteiger partial charge in [-0.1, -0.05) is 19.4 Å². The maximum atomic E-state index is 10.9. The van der Waals surface area contributed by atoms with E-state index >= 15 is 0 Å². The van der Waals surface area contributed by atoms with Gasteiger partial charge in [0.1, 0.15) is 5.75 Å². The summed E-state index contributed by atoms with van der Waals surface area (Å²) in [4.78, 5) is 2.54. The van der Waals surface area contributed by atoms with Gasteiger partial charge in [0.25, 0.3) is 0 Å². The molecule has 1 saturated heterocycles. The van der Waals surface area contributed by atoms with Crippen LogP contribution in [0.25, 0.3) is 0 Å². The largest absolute Gasteiger partial charge is 0.497 e. The predicted molar refractivity (Wildman–Crippen MR) is 89.1 cm³/mol. The van der Waals surface area contributed by atoms with Crippen molar-refractivity contribution in [3.8, 4) is 5.75 Å². The number of aliphatic hydroxyl groups is 1. The first-order valence-corrected chi connectivity index (χ1v) is 8.64. The van der Waals surface area contributed by atoms with E-state index in [1.807, 2.05) is 6.07 Å². The molecule has 1 aliphatic heterocycles. The lowest BCUT2D eigenvalue weighted by atomic mass is 9.69. The number of methoxy groups -OCH3 is 1. The highest BCUT2D eigenvalue weighted by Gasteiger charge is 2.47. The van der Waals surface area contributed by atoms with Crippen LogP contribution in [0, 0.1) is 18.8 Å². The fourth-order valence-electron chi connectivity index (χ4n) is 4.50. The Bertz CT molecular complexity index is 530. The van der Waals surface area contributed by atoms with Crippen molar-refractivity contribution in [2.75, 3.05) is 20.2 Å². The first-order valence-electron chi connectivity index (χ1n) is 8.64. The molecule has 0 aromatic heterocycles. The summed E-state index contributed by atoms with van der Waals surface area (Å²) in [7, 11) is 1.71. The van der Waals surface area contributed by atoms with Crippen LogP contribution in [0.5, 0.6) is 5.75 Å². The van der Waals surface area contributed by atoms with Crippen molar-refractivity contribution >= 4 is 0 Å². The molecule has 3 nitrogen and oxygen atoms in total. The van der Waals surface area contributed by atoms with E-state index in [1.165, 1.54) is 24.0 Å². The number of hydrogen-bond acceptors (Lipinski definition) is 3. The Morgan fingerprint density at radius 1 is 1.36 bits per heavy atom. The van der Waals surface area contributed by atoms with Gasteiger partial charge < -0.3 is 9.84 Å². The molecule has 0 radical (unpaired) electrons. The first-order chi connectivity index (χ1) is 10.6. The third kappa shape index (κ3) is 2.89. The van der Waals surface area contributed by atoms with E-state index in [0.29, 0.717) is 11.8 Å². The fourth-order valence-corrected chi connectivity index (χ4v) is 4.50. The molecule has 0 spiro atoms. The van der Waals surface area contributed by atoms with E-state index in [4.69, 9.17) is 4.74 Å². The lowest BCUT2D eigenvalue weighted by Crippen LogP contribution is -2.44. The second-order valence-electron chi connectivity index (χ2n) is 7.20. The van der Waals surface area contributed by atoms with E-state index in [1.54, 1.807) is 7.11 Å². The van der Waals surface area contributed by atoms with Crippen LogP contribution in [0.15, 0.2) is 18.2 Å². The zero-order valence-electron chi connectivity index (χ0n) is 14.1. The molecule has 2 aliphatic rings. The maximum Gasteiger partial charge on any atom is 0.119 e. The standard InChI is InChI=1S/C19H29NO2/c1-4-19(21)9-5-6-16-12-20(13-18(16)19)11-15-7-8-17(22-3)10-14(15)2/h7-8,10,16,18,21H,4-6,9,11-13H2,1-3H3/t16-,18+,19-/m1/s1. The number of rotatable bonds is 4. The Balaban J connectivity index is 1.70. The normalized spacial score (nSPS) is 32.0. The molecule has 0 unspecified atom stereocenters. The highest BCUT2D eigenvalue weighted by atomic mass is 16.5. The van der Waals surface area contributed by atoms with E-state index in [0.717, 1.165) is 38.2 Å². The summed E-state index contributed by atoms with van der Waals surface area (Å²) in [5.41, 5.74) is 2.24. The van der Waals surface area contributed by atoms with Crippen molar-refractivity contribution in [1.29, 1.82) is 0 Å². The van der Waals surface area contributed by atoms with Crippen LogP contribution in [0.2, 0.25) is 0 Å². The average molecular weight is 303 g/mol. The van der Waals surface area contributed by atoms with Gasteiger partial charge in [-0.05, 0) is 55.4 Å². The summed E-state index contributed by atoms with van der Waals surface area (Å²) in [6.45, 7) is 7.46. The monoisotopic (exact) mass is 303 g/mol. The molecule has 1 aromatic rings. The van der Waals surface area contributed by atoms with Gasteiger partial charge in [0, 0.05) is 25.6 Å². The second-order valence-corrected chi connectivity index (χ2v) is 7.20. The summed E-state index contributed by atoms with van der Waals surface area (Å²) in [5.74, 6) is 2.07. The molecule has 3 heteroatoms. The minimum atomic E-state index is -0.424. The molecule has 1 saturated carbocycles. The number of hydrogen-bond donors (Lipinski definition) is 1. The van der Waals surface area contributed by atoms with Gasteiger partial charge in [-0.3, -0.25) is 4.90 Å². The molecule has 122 valence electrons. The fraction of sp³-hybridized carbons (Fsp3) is 0.684. The lowest BCUT2D eigenvalue weighted by Gasteiger charge is -2.40. The summed E-state index contributed by atoms with van der Waals surface area (Å²) >= 11 is 0. The molecule has 1 heterocycles. The van der Waals surface area contributed by atoms with Gasteiger partial charge in [-0.15, -0.1) is 0 Å². The minimum absolute atomic E-state index is 0.424. The number of fused-ring (bicyclic) bond motifs is 1. The van der Waals surface area contributed by atoms with Gasteiger partial charge >= 0.3 is 0 Å². The van der Waals surface area contributed by atoms with E-state index in [9.17, 15) is 5.11 Å². The van der Waals surface area contributed by atoms with Crippen LogP contribution in [-0.4, -0.2) is 35.8 Å². The molecular weight excluding hydrogens is 274 g/mol. The second kappa shape index (κ2) is 6.21. The number of likely N-dealkylation sites (tertiary alicyclic amines) is 1. The SMILES string of the molecule is CC[C@@]1(O)CCC[C@@H]2CN(Cc3ccc(OC)cc3C)C[C@@H]21. The summed E-state index contributed by atoms with van der Waals surface area (Å²) < 4.78 is 5.29. The molecule has 0 bridgehead atoms. The minimum Gasteiger partial charge on any atom is -0.497 e. The zero-order valence-corrected chi connectivity index (χ0v) is 14.1. The Hall–Kier alpha value is -1.06. The van der Waals surface area contributed by atoms with Crippen molar-refractivity contribution in [3.05, 3.63) is 29.3 Å². The topological polar surface area (TPSA) is 32.7 Å². The molecule has 1 aliphatic carbocycles. The van der Waals surface area contributed by atoms with Gasteiger partial charge in [-0.25, -0.2) is 0 Å². The lowest BCUT2D eigenvalue weighted by molar-refractivity contribution is -0.0613. The Kier molecular flexibility index (Phi) is 4.47. The molecule has 3 atom stereocenters. The maximum absolute atomic E-state index is 10.9. The number of aryl methyl sites for hydroxylation is 1. The van der Waals surface area contributed by atoms with Crippen molar-refractivity contribution in [1.82, 2.24) is 4.90 Å². The van der Waals surface area contributed by atoms with E-state index < -0.39 is 5.60 Å². The molecule has 3 rings (SSSR count). The third-order valence-corrected chi connectivity index (χ3v) is 5.95. The van der Waals surface area contributed by atoms with Gasteiger partial charge in [0.2, 0.25) is 0 Å². The van der Waals surface area contributed by atoms with Crippen LogP contribution in [0.1, 0.15) is 43.7 Å². The number of ether oxygens (including phenoxy) is 1. The summed E-state index contributed by atoms with van der Waals surface area (Å²) in [5, 5.41) is 10.9. The number of benzene rings is 1. The molecule has 0 amide bonds. The molecular formula is C19H29NO2. The Morgan fingerprint density at radius 3 is 2.86 bits per heavy atom. The Labute approximate surface area is 134 Å². The smallest absolute Gasteiger partial charge is 0.119 e. The molecule has 2 fully saturated rings. The number of nitrogens with zero attached hydrogens (tertiary/aromatic N) is 1.